The fraction of sp³-hybridized carbons (Fsp3) is 0.267. The first kappa shape index (κ1) is 21.9. The molecule has 26 heavy (non-hydrogen) atoms. The number of hydrogen-bond donors (Lipinski definition) is 2. The molecular weight excluding hydrogens is 409 g/mol. The summed E-state index contributed by atoms with van der Waals surface area (Å²) in [5.74, 6) is -1.32. The fourth-order valence-electron chi connectivity index (χ4n) is 2.07. The topological polar surface area (TPSA) is 93.7 Å². The SMILES string of the molecule is C[C@H](C[O-])Nc1nc(SCc2cccc(F)c2F)nc2[nH]c(=O)sc12.[K+]. The molecule has 132 valence electrons. The molecule has 0 aliphatic carbocycles. The van der Waals surface area contributed by atoms with Gasteiger partial charge in [-0.1, -0.05) is 35.2 Å². The third kappa shape index (κ3) is 5.10. The maximum Gasteiger partial charge on any atom is 1.00 e. The number of benzene rings is 1. The molecular formula is C15H13F2KN4O2S2. The van der Waals surface area contributed by atoms with Gasteiger partial charge in [-0.2, -0.15) is 0 Å². The van der Waals surface area contributed by atoms with Crippen LogP contribution in [0.1, 0.15) is 12.5 Å². The first-order valence-electron chi connectivity index (χ1n) is 7.29. The van der Waals surface area contributed by atoms with Crippen LogP contribution >= 0.6 is 23.1 Å². The molecule has 6 nitrogen and oxygen atoms in total. The number of aromatic amines is 1. The van der Waals surface area contributed by atoms with E-state index in [9.17, 15) is 18.7 Å². The van der Waals surface area contributed by atoms with Gasteiger partial charge in [0.25, 0.3) is 0 Å². The quantitative estimate of drug-likeness (QED) is 0.304. The Balaban J connectivity index is 0.00000243. The number of anilines is 1. The minimum absolute atomic E-state index is 0. The molecule has 0 radical (unpaired) electrons. The normalized spacial score (nSPS) is 12.0. The Morgan fingerprint density at radius 2 is 2.15 bits per heavy atom. The summed E-state index contributed by atoms with van der Waals surface area (Å²) >= 11 is 2.04. The van der Waals surface area contributed by atoms with Gasteiger partial charge in [0, 0.05) is 17.4 Å². The number of hydrogen-bond acceptors (Lipinski definition) is 7. The number of rotatable bonds is 6. The van der Waals surface area contributed by atoms with Crippen LogP contribution < -0.4 is 66.7 Å². The molecule has 0 bridgehead atoms. The molecule has 0 saturated heterocycles. The van der Waals surface area contributed by atoms with E-state index in [2.05, 4.69) is 20.3 Å². The first-order valence-corrected chi connectivity index (χ1v) is 9.09. The molecule has 0 amide bonds. The molecule has 3 aromatic rings. The van der Waals surface area contributed by atoms with Crippen LogP contribution in [0.4, 0.5) is 14.6 Å². The average Bonchev–Trinajstić information content (AvgIpc) is 2.96. The summed E-state index contributed by atoms with van der Waals surface area (Å²) in [5, 5.41) is 14.2. The van der Waals surface area contributed by atoms with Crippen molar-refractivity contribution in [2.45, 2.75) is 23.9 Å². The van der Waals surface area contributed by atoms with Crippen LogP contribution in [-0.4, -0.2) is 27.6 Å². The zero-order chi connectivity index (χ0) is 18.0. The van der Waals surface area contributed by atoms with Gasteiger partial charge in [0.05, 0.1) is 0 Å². The van der Waals surface area contributed by atoms with E-state index in [0.717, 1.165) is 29.2 Å². The maximum absolute atomic E-state index is 13.7. The zero-order valence-corrected chi connectivity index (χ0v) is 18.8. The predicted octanol–water partition coefficient (Wildman–Crippen LogP) is -0.885. The number of nitrogens with zero attached hydrogens (tertiary/aromatic N) is 2. The molecule has 0 aliphatic heterocycles. The minimum atomic E-state index is -0.914. The molecule has 1 atom stereocenters. The molecule has 2 heterocycles. The van der Waals surface area contributed by atoms with Crippen molar-refractivity contribution in [3.63, 3.8) is 0 Å². The van der Waals surface area contributed by atoms with Gasteiger partial charge in [0.2, 0.25) is 0 Å². The molecule has 11 heteroatoms. The smallest absolute Gasteiger partial charge is 0.853 e. The second kappa shape index (κ2) is 9.69. The van der Waals surface area contributed by atoms with E-state index in [1.54, 1.807) is 6.92 Å². The fourth-order valence-corrected chi connectivity index (χ4v) is 3.61. The van der Waals surface area contributed by atoms with Gasteiger partial charge >= 0.3 is 56.3 Å². The molecule has 2 N–H and O–H groups in total. The van der Waals surface area contributed by atoms with Crippen molar-refractivity contribution in [1.29, 1.82) is 0 Å². The van der Waals surface area contributed by atoms with E-state index < -0.39 is 11.6 Å². The summed E-state index contributed by atoms with van der Waals surface area (Å²) in [6, 6.07) is 3.58. The largest absolute Gasteiger partial charge is 1.00 e. The average molecular weight is 423 g/mol. The second-order valence-electron chi connectivity index (χ2n) is 5.26. The Morgan fingerprint density at radius 1 is 1.38 bits per heavy atom. The monoisotopic (exact) mass is 422 g/mol. The standard InChI is InChI=1S/C15H13F2N4O2S2.K/c1-7(5-22)18-12-11-13(21-15(23)25-11)20-14(19-12)24-6-8-3-2-4-9(16)10(8)17;/h2-4,7H,5-6H2,1H3,(H2,18,19,20,21,23);/q-1;+1/t7-;/m1./s1. The zero-order valence-electron chi connectivity index (χ0n) is 14.0. The molecule has 1 aromatic carbocycles. The summed E-state index contributed by atoms with van der Waals surface area (Å²) in [6.07, 6.45) is 0. The van der Waals surface area contributed by atoms with Crippen LogP contribution in [0.15, 0.2) is 28.2 Å². The van der Waals surface area contributed by atoms with E-state index in [1.165, 1.54) is 12.1 Å². The third-order valence-electron chi connectivity index (χ3n) is 3.28. The van der Waals surface area contributed by atoms with E-state index in [4.69, 9.17) is 0 Å². The van der Waals surface area contributed by atoms with E-state index >= 15 is 0 Å². The van der Waals surface area contributed by atoms with Gasteiger partial charge in [0.1, 0.15) is 4.70 Å². The first-order chi connectivity index (χ1) is 12.0. The summed E-state index contributed by atoms with van der Waals surface area (Å²) < 4.78 is 27.5. The van der Waals surface area contributed by atoms with Gasteiger partial charge in [-0.3, -0.25) is 9.78 Å². The van der Waals surface area contributed by atoms with Crippen molar-refractivity contribution in [2.75, 3.05) is 11.9 Å². The van der Waals surface area contributed by atoms with Crippen LogP contribution in [0.25, 0.3) is 10.3 Å². The molecule has 2 aromatic heterocycles. The molecule has 0 fully saturated rings. The van der Waals surface area contributed by atoms with Gasteiger partial charge in [-0.25, -0.2) is 18.7 Å². The Bertz CT molecular complexity index is 966. The van der Waals surface area contributed by atoms with E-state index in [-0.39, 0.29) is 85.4 Å². The van der Waals surface area contributed by atoms with Crippen molar-refractivity contribution < 1.29 is 65.3 Å². The summed E-state index contributed by atoms with van der Waals surface area (Å²) in [4.78, 5) is 22.4. The molecule has 3 rings (SSSR count). The molecule has 0 saturated carbocycles. The predicted molar refractivity (Wildman–Crippen MR) is 91.9 cm³/mol. The molecule has 0 aliphatic rings. The summed E-state index contributed by atoms with van der Waals surface area (Å²) in [6.45, 7) is 1.34. The number of aromatic nitrogens is 3. The summed E-state index contributed by atoms with van der Waals surface area (Å²) in [5.41, 5.74) is 0.530. The van der Waals surface area contributed by atoms with Crippen molar-refractivity contribution in [1.82, 2.24) is 15.0 Å². The van der Waals surface area contributed by atoms with Crippen LogP contribution in [0, 0.1) is 11.6 Å². The molecule has 0 unspecified atom stereocenters. The second-order valence-corrected chi connectivity index (χ2v) is 7.19. The number of H-pyrrole nitrogens is 1. The number of halogens is 2. The van der Waals surface area contributed by atoms with Crippen molar-refractivity contribution >= 4 is 39.3 Å². The third-order valence-corrected chi connectivity index (χ3v) is 5.06. The Labute approximate surface area is 198 Å². The van der Waals surface area contributed by atoms with Crippen molar-refractivity contribution in [3.8, 4) is 0 Å². The number of thiazole rings is 1. The Morgan fingerprint density at radius 3 is 2.88 bits per heavy atom. The number of fused-ring (bicyclic) bond motifs is 1. The Hall–Kier alpha value is -0.404. The van der Waals surface area contributed by atoms with Crippen LogP contribution in [0.5, 0.6) is 0 Å². The maximum atomic E-state index is 13.7. The minimum Gasteiger partial charge on any atom is -0.853 e. The van der Waals surface area contributed by atoms with Crippen molar-refractivity contribution in [3.05, 3.63) is 45.1 Å². The number of thioether (sulfide) groups is 1. The Kier molecular flexibility index (Phi) is 8.16. The van der Waals surface area contributed by atoms with Gasteiger partial charge < -0.3 is 10.4 Å². The van der Waals surface area contributed by atoms with Gasteiger partial charge in [0.15, 0.2) is 28.3 Å². The number of nitrogens with one attached hydrogen (secondary N) is 2. The van der Waals surface area contributed by atoms with E-state index in [0.29, 0.717) is 16.2 Å². The van der Waals surface area contributed by atoms with Crippen LogP contribution in [0.3, 0.4) is 0 Å². The molecule has 0 spiro atoms. The van der Waals surface area contributed by atoms with E-state index in [1.807, 2.05) is 0 Å². The van der Waals surface area contributed by atoms with Gasteiger partial charge in [-0.15, -0.1) is 6.61 Å². The van der Waals surface area contributed by atoms with Crippen LogP contribution in [-0.2, 0) is 5.75 Å². The van der Waals surface area contributed by atoms with Crippen LogP contribution in [0.2, 0.25) is 0 Å². The summed E-state index contributed by atoms with van der Waals surface area (Å²) in [7, 11) is 0. The van der Waals surface area contributed by atoms with Gasteiger partial charge in [-0.05, 0) is 13.0 Å². The van der Waals surface area contributed by atoms with Crippen molar-refractivity contribution in [2.24, 2.45) is 0 Å².